The van der Waals surface area contributed by atoms with Crippen LogP contribution in [-0.4, -0.2) is 25.7 Å². The number of rotatable bonds is 8. The summed E-state index contributed by atoms with van der Waals surface area (Å²) in [6.45, 7) is 7.71. The van der Waals surface area contributed by atoms with Crippen molar-refractivity contribution in [3.8, 4) is 17.1 Å². The summed E-state index contributed by atoms with van der Waals surface area (Å²) in [6.07, 6.45) is 2.66. The molecule has 0 aliphatic carbocycles. The number of H-pyrrole nitrogens is 1. The molecule has 2 aromatic heterocycles. The van der Waals surface area contributed by atoms with Gasteiger partial charge in [-0.25, -0.2) is 9.78 Å². The Bertz CT molecular complexity index is 1050. The first-order valence-corrected chi connectivity index (χ1v) is 9.57. The van der Waals surface area contributed by atoms with Crippen LogP contribution < -0.4 is 16.0 Å². The maximum absolute atomic E-state index is 12.6. The molecule has 7 nitrogen and oxygen atoms in total. The monoisotopic (exact) mass is 370 g/mol. The molecular formula is C20H26N4O3. The fraction of sp³-hybridized carbons (Fsp3) is 0.450. The number of nitrogens with one attached hydrogen (secondary N) is 1. The number of fused-ring (bicyclic) bond motifs is 1. The van der Waals surface area contributed by atoms with Gasteiger partial charge in [-0.2, -0.15) is 0 Å². The standard InChI is InChI=1S/C20H26N4O3/c1-4-7-13-23-16-18(24(12-5-2)20(26)22-19(16)25)21-17(23)14-10-8-9-11-15(14)27-6-3/h8-11H,4-7,12-13H2,1-3H3,(H,22,25,26). The van der Waals surface area contributed by atoms with Crippen molar-refractivity contribution in [1.29, 1.82) is 0 Å². The molecule has 0 radical (unpaired) electrons. The minimum absolute atomic E-state index is 0.397. The van der Waals surface area contributed by atoms with E-state index in [2.05, 4.69) is 11.9 Å². The fourth-order valence-electron chi connectivity index (χ4n) is 3.28. The topological polar surface area (TPSA) is 81.9 Å². The van der Waals surface area contributed by atoms with Gasteiger partial charge in [-0.1, -0.05) is 32.4 Å². The van der Waals surface area contributed by atoms with Gasteiger partial charge in [-0.15, -0.1) is 0 Å². The minimum Gasteiger partial charge on any atom is -0.493 e. The molecule has 0 atom stereocenters. The minimum atomic E-state index is -0.417. The summed E-state index contributed by atoms with van der Waals surface area (Å²) in [6, 6.07) is 7.66. The first-order valence-electron chi connectivity index (χ1n) is 9.57. The average molecular weight is 370 g/mol. The summed E-state index contributed by atoms with van der Waals surface area (Å²) in [5, 5.41) is 0. The highest BCUT2D eigenvalue weighted by molar-refractivity contribution is 5.78. The second-order valence-corrected chi connectivity index (χ2v) is 6.45. The summed E-state index contributed by atoms with van der Waals surface area (Å²) in [5.41, 5.74) is 0.882. The van der Waals surface area contributed by atoms with E-state index < -0.39 is 11.2 Å². The van der Waals surface area contributed by atoms with Crippen LogP contribution in [-0.2, 0) is 13.1 Å². The maximum atomic E-state index is 12.6. The van der Waals surface area contributed by atoms with Crippen molar-refractivity contribution in [2.75, 3.05) is 6.61 Å². The summed E-state index contributed by atoms with van der Waals surface area (Å²) >= 11 is 0. The number of imidazole rings is 1. The van der Waals surface area contributed by atoms with E-state index in [4.69, 9.17) is 9.72 Å². The van der Waals surface area contributed by atoms with Gasteiger partial charge in [-0.3, -0.25) is 14.3 Å². The Balaban J connectivity index is 2.35. The molecule has 2 heterocycles. The third kappa shape index (κ3) is 3.54. The largest absolute Gasteiger partial charge is 0.493 e. The summed E-state index contributed by atoms with van der Waals surface area (Å²) in [4.78, 5) is 32.1. The zero-order valence-corrected chi connectivity index (χ0v) is 16.1. The highest BCUT2D eigenvalue weighted by atomic mass is 16.5. The lowest BCUT2D eigenvalue weighted by Crippen LogP contribution is -2.31. The van der Waals surface area contributed by atoms with Gasteiger partial charge in [-0.05, 0) is 31.9 Å². The Kier molecular flexibility index (Phi) is 5.78. The van der Waals surface area contributed by atoms with Crippen molar-refractivity contribution in [2.45, 2.75) is 53.1 Å². The SMILES string of the molecule is CCCCn1c(-c2ccccc2OCC)nc2c1c(=O)[nH]c(=O)n2CCC. The van der Waals surface area contributed by atoms with E-state index in [9.17, 15) is 9.59 Å². The molecule has 0 aliphatic rings. The zero-order chi connectivity index (χ0) is 19.4. The molecule has 1 aromatic carbocycles. The van der Waals surface area contributed by atoms with Gasteiger partial charge in [0, 0.05) is 13.1 Å². The molecular weight excluding hydrogens is 344 g/mol. The van der Waals surface area contributed by atoms with E-state index in [1.807, 2.05) is 42.7 Å². The van der Waals surface area contributed by atoms with Crippen molar-refractivity contribution in [2.24, 2.45) is 0 Å². The van der Waals surface area contributed by atoms with Crippen LogP contribution in [0.2, 0.25) is 0 Å². The van der Waals surface area contributed by atoms with E-state index in [0.717, 1.165) is 24.8 Å². The van der Waals surface area contributed by atoms with Gasteiger partial charge in [0.1, 0.15) is 11.6 Å². The molecule has 0 saturated carbocycles. The highest BCUT2D eigenvalue weighted by Gasteiger charge is 2.21. The van der Waals surface area contributed by atoms with Crippen molar-refractivity contribution >= 4 is 11.2 Å². The second-order valence-electron chi connectivity index (χ2n) is 6.45. The molecule has 7 heteroatoms. The number of ether oxygens (including phenoxy) is 1. The van der Waals surface area contributed by atoms with Gasteiger partial charge < -0.3 is 9.30 Å². The van der Waals surface area contributed by atoms with Crippen LogP contribution in [0.3, 0.4) is 0 Å². The van der Waals surface area contributed by atoms with E-state index in [-0.39, 0.29) is 0 Å². The first-order chi connectivity index (χ1) is 13.1. The lowest BCUT2D eigenvalue weighted by atomic mass is 10.2. The average Bonchev–Trinajstić information content (AvgIpc) is 3.03. The molecule has 0 amide bonds. The van der Waals surface area contributed by atoms with Crippen molar-refractivity contribution < 1.29 is 4.74 Å². The van der Waals surface area contributed by atoms with Crippen LogP contribution in [0.25, 0.3) is 22.6 Å². The molecule has 3 rings (SSSR count). The van der Waals surface area contributed by atoms with Gasteiger partial charge in [0.25, 0.3) is 5.56 Å². The number of aromatic nitrogens is 4. The predicted octanol–water partition coefficient (Wildman–Crippen LogP) is 3.16. The van der Waals surface area contributed by atoms with Crippen LogP contribution in [0.15, 0.2) is 33.9 Å². The van der Waals surface area contributed by atoms with E-state index in [1.165, 1.54) is 0 Å². The first kappa shape index (κ1) is 18.9. The highest BCUT2D eigenvalue weighted by Crippen LogP contribution is 2.31. The van der Waals surface area contributed by atoms with Crippen LogP contribution in [0.5, 0.6) is 5.75 Å². The quantitative estimate of drug-likeness (QED) is 0.660. The maximum Gasteiger partial charge on any atom is 0.330 e. The second kappa shape index (κ2) is 8.24. The third-order valence-electron chi connectivity index (χ3n) is 4.50. The van der Waals surface area contributed by atoms with Gasteiger partial charge >= 0.3 is 5.69 Å². The van der Waals surface area contributed by atoms with Crippen molar-refractivity contribution in [3.63, 3.8) is 0 Å². The Morgan fingerprint density at radius 3 is 2.52 bits per heavy atom. The molecule has 0 spiro atoms. The molecule has 0 bridgehead atoms. The fourth-order valence-corrected chi connectivity index (χ4v) is 3.28. The van der Waals surface area contributed by atoms with Gasteiger partial charge in [0.05, 0.1) is 12.2 Å². The van der Waals surface area contributed by atoms with Crippen molar-refractivity contribution in [1.82, 2.24) is 19.1 Å². The molecule has 0 fully saturated rings. The van der Waals surface area contributed by atoms with E-state index in [0.29, 0.717) is 42.4 Å². The number of hydrogen-bond acceptors (Lipinski definition) is 4. The molecule has 0 unspecified atom stereocenters. The number of hydrogen-bond donors (Lipinski definition) is 1. The Hall–Kier alpha value is -2.83. The molecule has 0 saturated heterocycles. The Morgan fingerprint density at radius 2 is 1.81 bits per heavy atom. The number of nitrogens with zero attached hydrogens (tertiary/aromatic N) is 3. The third-order valence-corrected chi connectivity index (χ3v) is 4.50. The number of aromatic amines is 1. The van der Waals surface area contributed by atoms with E-state index in [1.54, 1.807) is 4.57 Å². The van der Waals surface area contributed by atoms with Crippen LogP contribution in [0.4, 0.5) is 0 Å². The number of para-hydroxylation sites is 1. The molecule has 27 heavy (non-hydrogen) atoms. The molecule has 0 aliphatic heterocycles. The lowest BCUT2D eigenvalue weighted by Gasteiger charge is -2.12. The zero-order valence-electron chi connectivity index (χ0n) is 16.1. The van der Waals surface area contributed by atoms with Gasteiger partial charge in [0.2, 0.25) is 0 Å². The van der Waals surface area contributed by atoms with Crippen LogP contribution >= 0.6 is 0 Å². The van der Waals surface area contributed by atoms with Crippen molar-refractivity contribution in [3.05, 3.63) is 45.1 Å². The van der Waals surface area contributed by atoms with E-state index >= 15 is 0 Å². The molecule has 144 valence electrons. The number of benzene rings is 1. The summed E-state index contributed by atoms with van der Waals surface area (Å²) < 4.78 is 9.24. The Labute approximate surface area is 157 Å². The number of unbranched alkanes of at least 4 members (excludes halogenated alkanes) is 1. The lowest BCUT2D eigenvalue weighted by molar-refractivity contribution is 0.341. The Morgan fingerprint density at radius 1 is 1.04 bits per heavy atom. The number of aryl methyl sites for hydroxylation is 2. The summed E-state index contributed by atoms with van der Waals surface area (Å²) in [5.74, 6) is 1.37. The van der Waals surface area contributed by atoms with Crippen LogP contribution in [0.1, 0.15) is 40.0 Å². The predicted molar refractivity (Wildman–Crippen MR) is 106 cm³/mol. The van der Waals surface area contributed by atoms with Gasteiger partial charge in [0.15, 0.2) is 11.2 Å². The summed E-state index contributed by atoms with van der Waals surface area (Å²) in [7, 11) is 0. The molecule has 1 N–H and O–H groups in total. The molecule has 3 aromatic rings. The normalized spacial score (nSPS) is 11.2. The van der Waals surface area contributed by atoms with Crippen LogP contribution in [0, 0.1) is 0 Å². The smallest absolute Gasteiger partial charge is 0.330 e.